The SMILES string of the molecule is COCCC(C)NC(=O)N(CC(=O)O)C1CC1. The van der Waals surface area contributed by atoms with Gasteiger partial charge in [0.05, 0.1) is 0 Å². The molecule has 1 aliphatic rings. The summed E-state index contributed by atoms with van der Waals surface area (Å²) in [7, 11) is 1.61. The number of aliphatic carboxylic acids is 1. The number of ether oxygens (including phenoxy) is 1. The van der Waals surface area contributed by atoms with E-state index in [0.29, 0.717) is 13.0 Å². The molecule has 1 aliphatic carbocycles. The molecule has 0 heterocycles. The van der Waals surface area contributed by atoms with Crippen LogP contribution >= 0.6 is 0 Å². The number of urea groups is 1. The second-order valence-electron chi connectivity index (χ2n) is 4.38. The third kappa shape index (κ3) is 5.04. The van der Waals surface area contributed by atoms with E-state index in [0.717, 1.165) is 12.8 Å². The summed E-state index contributed by atoms with van der Waals surface area (Å²) in [5, 5.41) is 11.5. The first-order valence-corrected chi connectivity index (χ1v) is 5.82. The monoisotopic (exact) mass is 244 g/mol. The minimum Gasteiger partial charge on any atom is -0.480 e. The molecular formula is C11H20N2O4. The topological polar surface area (TPSA) is 78.9 Å². The quantitative estimate of drug-likeness (QED) is 0.690. The van der Waals surface area contributed by atoms with Gasteiger partial charge in [0.2, 0.25) is 0 Å². The summed E-state index contributed by atoms with van der Waals surface area (Å²) >= 11 is 0. The van der Waals surface area contributed by atoms with Crippen LogP contribution in [0.2, 0.25) is 0 Å². The lowest BCUT2D eigenvalue weighted by atomic mass is 10.2. The largest absolute Gasteiger partial charge is 0.480 e. The normalized spacial score (nSPS) is 16.4. The predicted octanol–water partition coefficient (Wildman–Crippen LogP) is 0.670. The molecule has 2 amide bonds. The van der Waals surface area contributed by atoms with Crippen molar-refractivity contribution in [3.05, 3.63) is 0 Å². The maximum atomic E-state index is 11.8. The highest BCUT2D eigenvalue weighted by Gasteiger charge is 2.34. The van der Waals surface area contributed by atoms with E-state index < -0.39 is 5.97 Å². The average Bonchev–Trinajstić information content (AvgIpc) is 3.06. The summed E-state index contributed by atoms with van der Waals surface area (Å²) in [6.07, 6.45) is 2.51. The Bertz CT molecular complexity index is 279. The number of carboxylic acids is 1. The lowest BCUT2D eigenvalue weighted by Gasteiger charge is -2.23. The summed E-state index contributed by atoms with van der Waals surface area (Å²) in [4.78, 5) is 23.9. The van der Waals surface area contributed by atoms with Crippen LogP contribution in [0.3, 0.4) is 0 Å². The lowest BCUT2D eigenvalue weighted by molar-refractivity contribution is -0.137. The third-order valence-electron chi connectivity index (χ3n) is 2.68. The number of nitrogens with zero attached hydrogens (tertiary/aromatic N) is 1. The fourth-order valence-electron chi connectivity index (χ4n) is 1.56. The van der Waals surface area contributed by atoms with Gasteiger partial charge in [-0.25, -0.2) is 4.79 Å². The van der Waals surface area contributed by atoms with Crippen LogP contribution in [-0.4, -0.2) is 54.4 Å². The van der Waals surface area contributed by atoms with Gasteiger partial charge in [-0.2, -0.15) is 0 Å². The molecule has 0 aliphatic heterocycles. The zero-order valence-electron chi connectivity index (χ0n) is 10.3. The first-order chi connectivity index (χ1) is 8.04. The van der Waals surface area contributed by atoms with Crippen molar-refractivity contribution in [2.24, 2.45) is 0 Å². The van der Waals surface area contributed by atoms with Gasteiger partial charge in [-0.3, -0.25) is 4.79 Å². The van der Waals surface area contributed by atoms with Gasteiger partial charge < -0.3 is 20.1 Å². The fraction of sp³-hybridized carbons (Fsp3) is 0.818. The van der Waals surface area contributed by atoms with Crippen LogP contribution in [0.15, 0.2) is 0 Å². The van der Waals surface area contributed by atoms with Crippen molar-refractivity contribution < 1.29 is 19.4 Å². The molecule has 0 aromatic heterocycles. The van der Waals surface area contributed by atoms with Crippen molar-refractivity contribution in [1.82, 2.24) is 10.2 Å². The number of methoxy groups -OCH3 is 1. The minimum atomic E-state index is -0.975. The Morgan fingerprint density at radius 1 is 1.53 bits per heavy atom. The molecule has 0 saturated heterocycles. The van der Waals surface area contributed by atoms with E-state index in [1.165, 1.54) is 4.90 Å². The zero-order chi connectivity index (χ0) is 12.8. The lowest BCUT2D eigenvalue weighted by Crippen LogP contribution is -2.47. The molecule has 1 atom stereocenters. The zero-order valence-corrected chi connectivity index (χ0v) is 10.3. The fourth-order valence-corrected chi connectivity index (χ4v) is 1.56. The number of carbonyl (C=O) groups is 2. The van der Waals surface area contributed by atoms with E-state index in [-0.39, 0.29) is 24.7 Å². The number of amides is 2. The van der Waals surface area contributed by atoms with Crippen LogP contribution < -0.4 is 5.32 Å². The Hall–Kier alpha value is -1.30. The van der Waals surface area contributed by atoms with Gasteiger partial charge in [0.15, 0.2) is 0 Å². The molecule has 0 aromatic carbocycles. The Morgan fingerprint density at radius 3 is 2.65 bits per heavy atom. The van der Waals surface area contributed by atoms with E-state index in [2.05, 4.69) is 5.32 Å². The summed E-state index contributed by atoms with van der Waals surface area (Å²) in [5.74, 6) is -0.975. The number of hydrogen-bond donors (Lipinski definition) is 2. The van der Waals surface area contributed by atoms with Crippen LogP contribution in [0.1, 0.15) is 26.2 Å². The van der Waals surface area contributed by atoms with Crippen molar-refractivity contribution in [2.75, 3.05) is 20.3 Å². The molecule has 1 saturated carbocycles. The second kappa shape index (κ2) is 6.44. The maximum Gasteiger partial charge on any atom is 0.323 e. The molecule has 0 radical (unpaired) electrons. The Labute approximate surface area is 101 Å². The van der Waals surface area contributed by atoms with Gasteiger partial charge in [0.25, 0.3) is 0 Å². The van der Waals surface area contributed by atoms with Crippen LogP contribution in [0.4, 0.5) is 4.79 Å². The second-order valence-corrected chi connectivity index (χ2v) is 4.38. The molecule has 0 bridgehead atoms. The molecule has 17 heavy (non-hydrogen) atoms. The number of rotatable bonds is 7. The molecule has 1 fully saturated rings. The first-order valence-electron chi connectivity index (χ1n) is 5.82. The summed E-state index contributed by atoms with van der Waals surface area (Å²) in [6, 6.07) is -0.211. The highest BCUT2D eigenvalue weighted by Crippen LogP contribution is 2.26. The van der Waals surface area contributed by atoms with E-state index in [1.54, 1.807) is 7.11 Å². The molecule has 1 rings (SSSR count). The highest BCUT2D eigenvalue weighted by atomic mass is 16.5. The standard InChI is InChI=1S/C11H20N2O4/c1-8(5-6-17-2)12-11(16)13(7-10(14)15)9-3-4-9/h8-9H,3-7H2,1-2H3,(H,12,16)(H,14,15). The molecule has 6 nitrogen and oxygen atoms in total. The van der Waals surface area contributed by atoms with Gasteiger partial charge >= 0.3 is 12.0 Å². The molecule has 0 spiro atoms. The van der Waals surface area contributed by atoms with Crippen molar-refractivity contribution in [3.63, 3.8) is 0 Å². The molecule has 98 valence electrons. The van der Waals surface area contributed by atoms with Gasteiger partial charge in [-0.05, 0) is 26.2 Å². The van der Waals surface area contributed by atoms with Crippen LogP contribution in [-0.2, 0) is 9.53 Å². The smallest absolute Gasteiger partial charge is 0.323 e. The molecule has 1 unspecified atom stereocenters. The molecule has 6 heteroatoms. The highest BCUT2D eigenvalue weighted by molar-refractivity contribution is 5.80. The summed E-state index contributed by atoms with van der Waals surface area (Å²) in [6.45, 7) is 2.22. The molecular weight excluding hydrogens is 224 g/mol. The first kappa shape index (κ1) is 13.8. The number of hydrogen-bond acceptors (Lipinski definition) is 3. The van der Waals surface area contributed by atoms with E-state index in [1.807, 2.05) is 6.92 Å². The van der Waals surface area contributed by atoms with Crippen LogP contribution in [0.5, 0.6) is 0 Å². The van der Waals surface area contributed by atoms with Gasteiger partial charge in [-0.1, -0.05) is 0 Å². The Morgan fingerprint density at radius 2 is 2.18 bits per heavy atom. The van der Waals surface area contributed by atoms with Gasteiger partial charge in [0, 0.05) is 25.8 Å². The van der Waals surface area contributed by atoms with E-state index in [4.69, 9.17) is 9.84 Å². The van der Waals surface area contributed by atoms with E-state index in [9.17, 15) is 9.59 Å². The van der Waals surface area contributed by atoms with Crippen LogP contribution in [0, 0.1) is 0 Å². The Kier molecular flexibility index (Phi) is 5.21. The van der Waals surface area contributed by atoms with Gasteiger partial charge in [0.1, 0.15) is 6.54 Å². The number of carbonyl (C=O) groups excluding carboxylic acids is 1. The molecule has 0 aromatic rings. The summed E-state index contributed by atoms with van der Waals surface area (Å²) < 4.78 is 4.92. The number of carboxylic acid groups (broad SMARTS) is 1. The third-order valence-corrected chi connectivity index (χ3v) is 2.68. The Balaban J connectivity index is 2.39. The van der Waals surface area contributed by atoms with Crippen molar-refractivity contribution in [1.29, 1.82) is 0 Å². The number of nitrogens with one attached hydrogen (secondary N) is 1. The van der Waals surface area contributed by atoms with Crippen molar-refractivity contribution in [3.8, 4) is 0 Å². The van der Waals surface area contributed by atoms with Gasteiger partial charge in [-0.15, -0.1) is 0 Å². The van der Waals surface area contributed by atoms with E-state index >= 15 is 0 Å². The summed E-state index contributed by atoms with van der Waals surface area (Å²) in [5.41, 5.74) is 0. The molecule has 2 N–H and O–H groups in total. The van der Waals surface area contributed by atoms with Crippen molar-refractivity contribution >= 4 is 12.0 Å². The van der Waals surface area contributed by atoms with Crippen LogP contribution in [0.25, 0.3) is 0 Å². The maximum absolute atomic E-state index is 11.8. The average molecular weight is 244 g/mol. The van der Waals surface area contributed by atoms with Crippen molar-refractivity contribution in [2.45, 2.75) is 38.3 Å². The predicted molar refractivity (Wildman–Crippen MR) is 61.9 cm³/mol. The minimum absolute atomic E-state index is 0.0162.